The highest BCUT2D eigenvalue weighted by molar-refractivity contribution is 6.30. The van der Waals surface area contributed by atoms with Crippen LogP contribution < -0.4 is 4.74 Å². The molecule has 7 heteroatoms. The number of ether oxygens (including phenoxy) is 3. The molecule has 0 spiro atoms. The first-order valence-corrected chi connectivity index (χ1v) is 8.20. The molecule has 1 aromatic heterocycles. The molecule has 132 valence electrons. The van der Waals surface area contributed by atoms with Crippen LogP contribution in [0.25, 0.3) is 6.08 Å². The Balaban J connectivity index is 1.69. The van der Waals surface area contributed by atoms with Gasteiger partial charge in [0, 0.05) is 40.5 Å². The highest BCUT2D eigenvalue weighted by atomic mass is 35.5. The maximum atomic E-state index is 12.0. The van der Waals surface area contributed by atoms with E-state index in [2.05, 4.69) is 5.10 Å². The van der Waals surface area contributed by atoms with Gasteiger partial charge in [0.2, 0.25) is 0 Å². The average Bonchev–Trinajstić information content (AvgIpc) is 2.83. The Labute approximate surface area is 150 Å². The van der Waals surface area contributed by atoms with Crippen molar-refractivity contribution in [1.82, 2.24) is 9.78 Å². The highest BCUT2D eigenvalue weighted by Gasteiger charge is 2.17. The van der Waals surface area contributed by atoms with Crippen LogP contribution in [0, 0.1) is 13.8 Å². The van der Waals surface area contributed by atoms with E-state index in [1.54, 1.807) is 22.9 Å². The third kappa shape index (κ3) is 3.86. The second-order valence-corrected chi connectivity index (χ2v) is 6.25. The zero-order valence-corrected chi connectivity index (χ0v) is 15.1. The summed E-state index contributed by atoms with van der Waals surface area (Å²) < 4.78 is 17.8. The molecule has 0 bridgehead atoms. The Kier molecular flexibility index (Phi) is 5.11. The number of hydrogen-bond acceptors (Lipinski definition) is 5. The first kappa shape index (κ1) is 17.5. The van der Waals surface area contributed by atoms with E-state index in [0.717, 1.165) is 28.1 Å². The van der Waals surface area contributed by atoms with Crippen molar-refractivity contribution in [3.05, 3.63) is 51.3 Å². The van der Waals surface area contributed by atoms with Crippen LogP contribution in [0.3, 0.4) is 0 Å². The third-order valence-corrected chi connectivity index (χ3v) is 4.29. The quantitative estimate of drug-likeness (QED) is 0.616. The Morgan fingerprint density at radius 3 is 2.96 bits per heavy atom. The second kappa shape index (κ2) is 7.29. The van der Waals surface area contributed by atoms with Gasteiger partial charge >= 0.3 is 5.97 Å². The third-order valence-electron chi connectivity index (χ3n) is 4.07. The largest absolute Gasteiger partial charge is 0.467 e. The molecule has 0 aliphatic carbocycles. The summed E-state index contributed by atoms with van der Waals surface area (Å²) in [5.41, 5.74) is 4.34. The summed E-state index contributed by atoms with van der Waals surface area (Å²) in [4.78, 5) is 12.0. The lowest BCUT2D eigenvalue weighted by Crippen LogP contribution is -2.14. The molecule has 0 radical (unpaired) electrons. The van der Waals surface area contributed by atoms with E-state index in [9.17, 15) is 4.79 Å². The fraction of sp³-hybridized carbons (Fsp3) is 0.333. The first-order chi connectivity index (χ1) is 12.0. The maximum absolute atomic E-state index is 12.0. The summed E-state index contributed by atoms with van der Waals surface area (Å²) in [5, 5.41) is 4.86. The van der Waals surface area contributed by atoms with E-state index in [1.165, 1.54) is 6.08 Å². The van der Waals surface area contributed by atoms with Crippen LogP contribution in [0.2, 0.25) is 5.02 Å². The minimum atomic E-state index is -0.441. The topological polar surface area (TPSA) is 62.6 Å². The number of rotatable bonds is 4. The summed E-state index contributed by atoms with van der Waals surface area (Å²) in [6, 6.07) is 3.52. The van der Waals surface area contributed by atoms with Gasteiger partial charge in [0.05, 0.1) is 12.3 Å². The number of nitrogens with zero attached hydrogens (tertiary/aromatic N) is 2. The van der Waals surface area contributed by atoms with Crippen molar-refractivity contribution in [3.63, 3.8) is 0 Å². The van der Waals surface area contributed by atoms with E-state index in [4.69, 9.17) is 25.8 Å². The lowest BCUT2D eigenvalue weighted by atomic mass is 10.1. The predicted molar refractivity (Wildman–Crippen MR) is 93.2 cm³/mol. The molecule has 0 unspecified atom stereocenters. The molecule has 25 heavy (non-hydrogen) atoms. The standard InChI is InChI=1S/C18H19ClN2O4/c1-11-16(12(2)21(3)20-11)4-5-17(22)24-9-14-7-15(19)6-13-8-23-10-25-18(13)14/h4-7H,8-10H2,1-3H3/b5-4+. The van der Waals surface area contributed by atoms with Gasteiger partial charge in [0.25, 0.3) is 0 Å². The number of benzene rings is 1. The molecule has 6 nitrogen and oxygen atoms in total. The number of carbonyl (C=O) groups excluding carboxylic acids is 1. The van der Waals surface area contributed by atoms with Gasteiger partial charge in [-0.1, -0.05) is 11.6 Å². The van der Waals surface area contributed by atoms with Crippen LogP contribution in [0.4, 0.5) is 0 Å². The van der Waals surface area contributed by atoms with Crippen LogP contribution >= 0.6 is 11.6 Å². The van der Waals surface area contributed by atoms with Crippen molar-refractivity contribution >= 4 is 23.6 Å². The lowest BCUT2D eigenvalue weighted by Gasteiger charge is -2.20. The van der Waals surface area contributed by atoms with Gasteiger partial charge in [-0.15, -0.1) is 0 Å². The molecule has 2 aromatic rings. The minimum absolute atomic E-state index is 0.0804. The molecule has 0 amide bonds. The lowest BCUT2D eigenvalue weighted by molar-refractivity contribution is -0.139. The molecule has 0 saturated heterocycles. The van der Waals surface area contributed by atoms with Crippen molar-refractivity contribution < 1.29 is 19.0 Å². The van der Waals surface area contributed by atoms with E-state index >= 15 is 0 Å². The summed E-state index contributed by atoms with van der Waals surface area (Å²) in [7, 11) is 1.87. The Hall–Kier alpha value is -2.31. The molecule has 1 aliphatic heterocycles. The van der Waals surface area contributed by atoms with Crippen molar-refractivity contribution in [3.8, 4) is 5.75 Å². The first-order valence-electron chi connectivity index (χ1n) is 7.82. The molecule has 2 heterocycles. The van der Waals surface area contributed by atoms with Crippen LogP contribution in [0.5, 0.6) is 5.75 Å². The van der Waals surface area contributed by atoms with Gasteiger partial charge in [0.15, 0.2) is 6.79 Å². The van der Waals surface area contributed by atoms with Crippen LogP contribution in [0.1, 0.15) is 28.1 Å². The number of hydrogen-bond donors (Lipinski definition) is 0. The van der Waals surface area contributed by atoms with Gasteiger partial charge in [-0.3, -0.25) is 4.68 Å². The molecule has 0 saturated carbocycles. The highest BCUT2D eigenvalue weighted by Crippen LogP contribution is 2.32. The molecule has 0 fully saturated rings. The second-order valence-electron chi connectivity index (χ2n) is 5.81. The summed E-state index contributed by atoms with van der Waals surface area (Å²) >= 11 is 6.10. The summed E-state index contributed by atoms with van der Waals surface area (Å²) in [5.74, 6) is 0.231. The van der Waals surface area contributed by atoms with Crippen molar-refractivity contribution in [2.75, 3.05) is 6.79 Å². The monoisotopic (exact) mass is 362 g/mol. The van der Waals surface area contributed by atoms with E-state index in [1.807, 2.05) is 20.9 Å². The van der Waals surface area contributed by atoms with Gasteiger partial charge < -0.3 is 14.2 Å². The van der Waals surface area contributed by atoms with E-state index in [-0.39, 0.29) is 13.4 Å². The normalized spacial score (nSPS) is 13.6. The summed E-state index contributed by atoms with van der Waals surface area (Å²) in [6.45, 7) is 4.53. The number of aromatic nitrogens is 2. The molecular weight excluding hydrogens is 344 g/mol. The van der Waals surface area contributed by atoms with Crippen LogP contribution in [-0.2, 0) is 34.5 Å². The van der Waals surface area contributed by atoms with Crippen molar-refractivity contribution in [2.24, 2.45) is 7.05 Å². The zero-order chi connectivity index (χ0) is 18.0. The molecular formula is C18H19ClN2O4. The SMILES string of the molecule is Cc1nn(C)c(C)c1/C=C/C(=O)OCc1cc(Cl)cc2c1OCOC2. The average molecular weight is 363 g/mol. The fourth-order valence-electron chi connectivity index (χ4n) is 2.74. The number of fused-ring (bicyclic) bond motifs is 1. The predicted octanol–water partition coefficient (Wildman–Crippen LogP) is 3.31. The smallest absolute Gasteiger partial charge is 0.331 e. The van der Waals surface area contributed by atoms with Gasteiger partial charge in [-0.25, -0.2) is 4.79 Å². The van der Waals surface area contributed by atoms with Gasteiger partial charge in [-0.2, -0.15) is 5.10 Å². The van der Waals surface area contributed by atoms with Crippen LogP contribution in [0.15, 0.2) is 18.2 Å². The molecule has 1 aromatic carbocycles. The van der Waals surface area contributed by atoms with E-state index in [0.29, 0.717) is 17.4 Å². The van der Waals surface area contributed by atoms with Crippen LogP contribution in [-0.4, -0.2) is 22.5 Å². The number of carbonyl (C=O) groups is 1. The van der Waals surface area contributed by atoms with E-state index < -0.39 is 5.97 Å². The molecule has 3 rings (SSSR count). The Morgan fingerprint density at radius 2 is 2.24 bits per heavy atom. The molecule has 0 N–H and O–H groups in total. The fourth-order valence-corrected chi connectivity index (χ4v) is 3.01. The van der Waals surface area contributed by atoms with Gasteiger partial charge in [0.1, 0.15) is 12.4 Å². The van der Waals surface area contributed by atoms with Crippen molar-refractivity contribution in [1.29, 1.82) is 0 Å². The number of esters is 1. The molecule has 1 aliphatic rings. The summed E-state index contributed by atoms with van der Waals surface area (Å²) in [6.07, 6.45) is 3.12. The number of aryl methyl sites for hydroxylation is 2. The minimum Gasteiger partial charge on any atom is -0.467 e. The number of halogens is 1. The zero-order valence-electron chi connectivity index (χ0n) is 14.3. The Morgan fingerprint density at radius 1 is 1.44 bits per heavy atom. The maximum Gasteiger partial charge on any atom is 0.331 e. The van der Waals surface area contributed by atoms with Gasteiger partial charge in [-0.05, 0) is 32.1 Å². The Bertz CT molecular complexity index is 842. The van der Waals surface area contributed by atoms with Crippen molar-refractivity contribution in [2.45, 2.75) is 27.1 Å². The molecule has 0 atom stereocenters.